The molecule has 0 spiro atoms. The Hall–Kier alpha value is -0.180. The smallest absolute Gasteiger partial charge is 0.284 e. The highest BCUT2D eigenvalue weighted by Crippen LogP contribution is 2.19. The van der Waals surface area contributed by atoms with E-state index in [-0.39, 0.29) is 0 Å². The minimum Gasteiger partial charge on any atom is -0.284 e. The van der Waals surface area contributed by atoms with Crippen LogP contribution in [0.1, 0.15) is 13.8 Å². The van der Waals surface area contributed by atoms with Crippen LogP contribution in [0.25, 0.3) is 0 Å². The van der Waals surface area contributed by atoms with Gasteiger partial charge in [0.2, 0.25) is 14.1 Å². The van der Waals surface area contributed by atoms with Gasteiger partial charge in [-0.3, -0.25) is 4.55 Å². The molecule has 0 rings (SSSR count). The lowest BCUT2D eigenvalue weighted by atomic mass is 10.5. The third-order valence-corrected chi connectivity index (χ3v) is 5.25. The molecular weight excluding hydrogens is 194 g/mol. The summed E-state index contributed by atoms with van der Waals surface area (Å²) in [6.45, 7) is 1.61. The van der Waals surface area contributed by atoms with Gasteiger partial charge in [-0.05, 0) is 13.8 Å². The van der Waals surface area contributed by atoms with Crippen molar-refractivity contribution in [3.05, 3.63) is 0 Å². The maximum Gasteiger partial charge on any atom is 0.286 e. The van der Waals surface area contributed by atoms with Gasteiger partial charge in [0, 0.05) is 0 Å². The summed E-state index contributed by atoms with van der Waals surface area (Å²) in [6.07, 6.45) is 0. The summed E-state index contributed by atoms with van der Waals surface area (Å²) in [5.74, 6) is 0. The minimum atomic E-state index is -4.67. The highest BCUT2D eigenvalue weighted by Gasteiger charge is 2.43. The first-order chi connectivity index (χ1) is 4.50. The first-order valence-corrected chi connectivity index (χ1v) is 5.48. The molecule has 68 valence electrons. The van der Waals surface area contributed by atoms with Gasteiger partial charge < -0.3 is 0 Å². The summed E-state index contributed by atoms with van der Waals surface area (Å²) in [7, 11) is -8.97. The van der Waals surface area contributed by atoms with E-state index in [1.807, 2.05) is 0 Å². The van der Waals surface area contributed by atoms with E-state index >= 15 is 0 Å². The summed E-state index contributed by atoms with van der Waals surface area (Å²) in [6, 6.07) is 0. The molecular formula is C3H9NO5S2. The molecule has 11 heavy (non-hydrogen) atoms. The van der Waals surface area contributed by atoms with Crippen LogP contribution in [0, 0.1) is 0 Å². The molecule has 0 aromatic rings. The van der Waals surface area contributed by atoms with Gasteiger partial charge in [0.1, 0.15) is 0 Å². The Morgan fingerprint density at radius 1 is 1.18 bits per heavy atom. The molecule has 0 aliphatic heterocycles. The average Bonchev–Trinajstić information content (AvgIpc) is 1.58. The van der Waals surface area contributed by atoms with Crippen molar-refractivity contribution in [1.82, 2.24) is 0 Å². The van der Waals surface area contributed by atoms with Crippen molar-refractivity contribution in [2.24, 2.45) is 5.14 Å². The predicted molar refractivity (Wildman–Crippen MR) is 38.7 cm³/mol. The van der Waals surface area contributed by atoms with Crippen molar-refractivity contribution in [2.45, 2.75) is 17.9 Å². The molecule has 3 N–H and O–H groups in total. The monoisotopic (exact) mass is 203 g/mol. The Morgan fingerprint density at radius 3 is 1.45 bits per heavy atom. The van der Waals surface area contributed by atoms with Crippen LogP contribution in [0.3, 0.4) is 0 Å². The second-order valence-electron chi connectivity index (χ2n) is 2.42. The van der Waals surface area contributed by atoms with Gasteiger partial charge in [0.15, 0.2) is 0 Å². The summed E-state index contributed by atoms with van der Waals surface area (Å²) < 4.78 is 47.9. The number of primary sulfonamides is 1. The molecule has 0 saturated carbocycles. The fourth-order valence-electron chi connectivity index (χ4n) is 0.147. The quantitative estimate of drug-likeness (QED) is 0.553. The minimum absolute atomic E-state index is 0.803. The maximum atomic E-state index is 10.5. The number of hydrogen-bond donors (Lipinski definition) is 2. The molecule has 0 bridgehead atoms. The van der Waals surface area contributed by atoms with Crippen LogP contribution in [0.15, 0.2) is 0 Å². The van der Waals surface area contributed by atoms with Gasteiger partial charge in [-0.15, -0.1) is 0 Å². The zero-order valence-electron chi connectivity index (χ0n) is 5.97. The van der Waals surface area contributed by atoms with E-state index in [4.69, 9.17) is 4.55 Å². The molecule has 0 fully saturated rings. The lowest BCUT2D eigenvalue weighted by molar-refractivity contribution is 0.462. The van der Waals surface area contributed by atoms with E-state index in [0.717, 1.165) is 13.8 Å². The van der Waals surface area contributed by atoms with Crippen LogP contribution in [0.4, 0.5) is 0 Å². The fraction of sp³-hybridized carbons (Fsp3) is 1.00. The summed E-state index contributed by atoms with van der Waals surface area (Å²) >= 11 is 0. The van der Waals surface area contributed by atoms with Crippen molar-refractivity contribution in [1.29, 1.82) is 0 Å². The summed E-state index contributed by atoms with van der Waals surface area (Å²) in [5, 5.41) is 4.53. The molecule has 6 nitrogen and oxygen atoms in total. The zero-order chi connectivity index (χ0) is 9.50. The van der Waals surface area contributed by atoms with Crippen LogP contribution < -0.4 is 5.14 Å². The van der Waals surface area contributed by atoms with Crippen molar-refractivity contribution in [3.63, 3.8) is 0 Å². The molecule has 0 aliphatic carbocycles. The van der Waals surface area contributed by atoms with Gasteiger partial charge in [-0.1, -0.05) is 0 Å². The van der Waals surface area contributed by atoms with E-state index in [1.165, 1.54) is 0 Å². The molecule has 0 heterocycles. The topological polar surface area (TPSA) is 115 Å². The van der Waals surface area contributed by atoms with Crippen LogP contribution in [0.5, 0.6) is 0 Å². The second-order valence-corrected chi connectivity index (χ2v) is 6.76. The van der Waals surface area contributed by atoms with Crippen LogP contribution >= 0.6 is 0 Å². The van der Waals surface area contributed by atoms with Gasteiger partial charge in [0.25, 0.3) is 10.1 Å². The van der Waals surface area contributed by atoms with E-state index in [9.17, 15) is 16.8 Å². The lowest BCUT2D eigenvalue weighted by Crippen LogP contribution is -2.44. The lowest BCUT2D eigenvalue weighted by Gasteiger charge is -2.17. The number of rotatable bonds is 2. The summed E-state index contributed by atoms with van der Waals surface area (Å²) in [4.78, 5) is 0. The zero-order valence-corrected chi connectivity index (χ0v) is 7.61. The molecule has 0 aromatic heterocycles. The molecule has 0 radical (unpaired) electrons. The summed E-state index contributed by atoms with van der Waals surface area (Å²) in [5.41, 5.74) is 0. The highest BCUT2D eigenvalue weighted by atomic mass is 32.3. The Morgan fingerprint density at radius 2 is 1.45 bits per heavy atom. The van der Waals surface area contributed by atoms with E-state index in [1.54, 1.807) is 0 Å². The average molecular weight is 203 g/mol. The molecule has 0 unspecified atom stereocenters. The standard InChI is InChI=1S/C3H9NO5S2/c1-3(2,10(4,5)6)11(7,8)9/h1-2H3,(H2,4,5,6)(H,7,8,9). The molecule has 8 heteroatoms. The fourth-order valence-corrected chi connectivity index (χ4v) is 1.32. The Kier molecular flexibility index (Phi) is 2.37. The Bertz CT molecular complexity index is 302. The third kappa shape index (κ3) is 1.89. The molecule has 0 aromatic carbocycles. The largest absolute Gasteiger partial charge is 0.286 e. The van der Waals surface area contributed by atoms with Crippen LogP contribution in [-0.2, 0) is 20.1 Å². The SMILES string of the molecule is CC(C)(S(N)(=O)=O)S(=O)(=O)O. The van der Waals surface area contributed by atoms with E-state index in [2.05, 4.69) is 5.14 Å². The number of hydrogen-bond acceptors (Lipinski definition) is 4. The van der Waals surface area contributed by atoms with Crippen molar-refractivity contribution < 1.29 is 21.4 Å². The molecule has 0 aliphatic rings. The molecule has 0 atom stereocenters. The van der Waals surface area contributed by atoms with Gasteiger partial charge in [0.05, 0.1) is 0 Å². The number of sulfonamides is 1. The highest BCUT2D eigenvalue weighted by molar-refractivity contribution is 8.06. The van der Waals surface area contributed by atoms with Crippen LogP contribution in [0.2, 0.25) is 0 Å². The first kappa shape index (κ1) is 10.8. The Labute approximate surface area is 65.2 Å². The number of nitrogens with two attached hydrogens (primary N) is 1. The predicted octanol–water partition coefficient (Wildman–Crippen LogP) is -1.10. The van der Waals surface area contributed by atoms with Crippen LogP contribution in [-0.4, -0.2) is 25.5 Å². The molecule has 0 amide bonds. The van der Waals surface area contributed by atoms with E-state index in [0.29, 0.717) is 0 Å². The van der Waals surface area contributed by atoms with Crippen molar-refractivity contribution in [2.75, 3.05) is 0 Å². The van der Waals surface area contributed by atoms with Crippen molar-refractivity contribution >= 4 is 20.1 Å². The first-order valence-electron chi connectivity index (χ1n) is 2.49. The third-order valence-electron chi connectivity index (χ3n) is 1.31. The second kappa shape index (κ2) is 2.41. The van der Waals surface area contributed by atoms with Gasteiger partial charge in [-0.25, -0.2) is 13.6 Å². The van der Waals surface area contributed by atoms with Crippen molar-refractivity contribution in [3.8, 4) is 0 Å². The van der Waals surface area contributed by atoms with Gasteiger partial charge >= 0.3 is 0 Å². The molecule has 0 saturated heterocycles. The Balaban J connectivity index is 5.45. The normalized spacial score (nSPS) is 14.9. The van der Waals surface area contributed by atoms with E-state index < -0.39 is 24.2 Å². The van der Waals surface area contributed by atoms with Gasteiger partial charge in [-0.2, -0.15) is 8.42 Å². The maximum absolute atomic E-state index is 10.5.